The van der Waals surface area contributed by atoms with Gasteiger partial charge in [0.15, 0.2) is 0 Å². The van der Waals surface area contributed by atoms with Gasteiger partial charge in [0.25, 0.3) is 0 Å². The van der Waals surface area contributed by atoms with Gasteiger partial charge in [-0.1, -0.05) is 32.6 Å². The first-order valence-electron chi connectivity index (χ1n) is 8.99. The molecule has 6 nitrogen and oxygen atoms in total. The monoisotopic (exact) mass is 368 g/mol. The minimum absolute atomic E-state index is 0.0147. The number of nitrogens with one attached hydrogen (secondary N) is 2. The number of aromatic carboxylic acids is 1. The normalized spacial score (nSPS) is 17.2. The van der Waals surface area contributed by atoms with Crippen LogP contribution in [0.1, 0.15) is 69.2 Å². The lowest BCUT2D eigenvalue weighted by atomic mass is 9.95. The van der Waals surface area contributed by atoms with Crippen LogP contribution >= 0.6 is 0 Å². The topological polar surface area (TPSA) is 95.5 Å². The molecule has 0 aromatic heterocycles. The van der Waals surface area contributed by atoms with E-state index in [0.717, 1.165) is 38.5 Å². The van der Waals surface area contributed by atoms with Crippen molar-refractivity contribution < 1.29 is 18.3 Å². The van der Waals surface area contributed by atoms with Crippen molar-refractivity contribution in [3.8, 4) is 0 Å². The van der Waals surface area contributed by atoms with Crippen LogP contribution in [-0.4, -0.2) is 31.6 Å². The lowest BCUT2D eigenvalue weighted by Crippen LogP contribution is -2.33. The highest BCUT2D eigenvalue weighted by molar-refractivity contribution is 7.89. The molecule has 7 heteroatoms. The fourth-order valence-corrected chi connectivity index (χ4v) is 4.76. The third-order valence-electron chi connectivity index (χ3n) is 4.56. The molecular formula is C18H28N2O4S. The van der Waals surface area contributed by atoms with E-state index in [0.29, 0.717) is 5.69 Å². The van der Waals surface area contributed by atoms with Crippen LogP contribution in [0.5, 0.6) is 0 Å². The molecule has 1 aromatic carbocycles. The van der Waals surface area contributed by atoms with Gasteiger partial charge in [-0.05, 0) is 44.4 Å². The molecule has 1 aliphatic rings. The lowest BCUT2D eigenvalue weighted by molar-refractivity contribution is 0.0696. The number of rotatable bonds is 8. The van der Waals surface area contributed by atoms with Gasteiger partial charge in [0.2, 0.25) is 10.0 Å². The first-order valence-corrected chi connectivity index (χ1v) is 10.5. The third kappa shape index (κ3) is 5.44. The third-order valence-corrected chi connectivity index (χ3v) is 6.19. The number of carboxylic acid groups (broad SMARTS) is 1. The molecular weight excluding hydrogens is 340 g/mol. The highest BCUT2D eigenvalue weighted by Crippen LogP contribution is 2.28. The standard InChI is InChI=1S/C18H28N2O4S/c1-3-7-13(2)20-25(23,24)17-12-14(18(21)22)10-11-16(17)19-15-8-5-4-6-9-15/h10-13,15,19-20H,3-9H2,1-2H3,(H,21,22). The summed E-state index contributed by atoms with van der Waals surface area (Å²) in [5, 5.41) is 12.5. The second kappa shape index (κ2) is 8.67. The van der Waals surface area contributed by atoms with Crippen LogP contribution in [0, 0.1) is 0 Å². The summed E-state index contributed by atoms with van der Waals surface area (Å²) >= 11 is 0. The Labute approximate surface area is 150 Å². The molecule has 0 aliphatic heterocycles. The number of carboxylic acids is 1. The largest absolute Gasteiger partial charge is 0.478 e. The summed E-state index contributed by atoms with van der Waals surface area (Å²) in [6.45, 7) is 3.81. The number of benzene rings is 1. The molecule has 0 saturated heterocycles. The summed E-state index contributed by atoms with van der Waals surface area (Å²) in [5.41, 5.74) is 0.450. The van der Waals surface area contributed by atoms with Crippen molar-refractivity contribution >= 4 is 21.7 Å². The van der Waals surface area contributed by atoms with E-state index in [9.17, 15) is 18.3 Å². The van der Waals surface area contributed by atoms with Gasteiger partial charge in [0.1, 0.15) is 4.90 Å². The molecule has 0 radical (unpaired) electrons. The van der Waals surface area contributed by atoms with Gasteiger partial charge in [-0.25, -0.2) is 17.9 Å². The van der Waals surface area contributed by atoms with Gasteiger partial charge in [-0.3, -0.25) is 0 Å². The maximum atomic E-state index is 12.8. The van der Waals surface area contributed by atoms with Gasteiger partial charge in [0, 0.05) is 12.1 Å². The number of hydrogen-bond donors (Lipinski definition) is 3. The van der Waals surface area contributed by atoms with E-state index >= 15 is 0 Å². The zero-order chi connectivity index (χ0) is 18.4. The highest BCUT2D eigenvalue weighted by Gasteiger charge is 2.24. The molecule has 1 unspecified atom stereocenters. The van der Waals surface area contributed by atoms with Gasteiger partial charge in [0.05, 0.1) is 11.3 Å². The van der Waals surface area contributed by atoms with E-state index in [-0.39, 0.29) is 22.5 Å². The quantitative estimate of drug-likeness (QED) is 0.652. The highest BCUT2D eigenvalue weighted by atomic mass is 32.2. The SMILES string of the molecule is CCCC(C)NS(=O)(=O)c1cc(C(=O)O)ccc1NC1CCCCC1. The summed E-state index contributed by atoms with van der Waals surface area (Å²) in [7, 11) is -3.79. The summed E-state index contributed by atoms with van der Waals surface area (Å²) in [5.74, 6) is -1.14. The van der Waals surface area contributed by atoms with Crippen molar-refractivity contribution in [2.45, 2.75) is 75.8 Å². The molecule has 140 valence electrons. The van der Waals surface area contributed by atoms with Crippen LogP contribution in [0.3, 0.4) is 0 Å². The van der Waals surface area contributed by atoms with Crippen LogP contribution in [0.25, 0.3) is 0 Å². The Morgan fingerprint density at radius 3 is 2.56 bits per heavy atom. The second-order valence-electron chi connectivity index (χ2n) is 6.81. The average molecular weight is 368 g/mol. The van der Waals surface area contributed by atoms with Crippen molar-refractivity contribution in [3.05, 3.63) is 23.8 Å². The van der Waals surface area contributed by atoms with E-state index < -0.39 is 16.0 Å². The minimum Gasteiger partial charge on any atom is -0.478 e. The Bertz CT molecular complexity index is 697. The molecule has 25 heavy (non-hydrogen) atoms. The predicted molar refractivity (Wildman–Crippen MR) is 98.6 cm³/mol. The van der Waals surface area contributed by atoms with E-state index in [1.165, 1.54) is 18.6 Å². The smallest absolute Gasteiger partial charge is 0.335 e. The summed E-state index contributed by atoms with van der Waals surface area (Å²) in [6, 6.07) is 4.28. The summed E-state index contributed by atoms with van der Waals surface area (Å²) < 4.78 is 28.3. The van der Waals surface area contributed by atoms with Crippen LogP contribution in [-0.2, 0) is 10.0 Å². The van der Waals surface area contributed by atoms with Gasteiger partial charge < -0.3 is 10.4 Å². The number of carbonyl (C=O) groups is 1. The van der Waals surface area contributed by atoms with Crippen LogP contribution in [0.2, 0.25) is 0 Å². The summed E-state index contributed by atoms with van der Waals surface area (Å²) in [4.78, 5) is 11.3. The fraction of sp³-hybridized carbons (Fsp3) is 0.611. The molecule has 0 bridgehead atoms. The van der Waals surface area contributed by atoms with Gasteiger partial charge in [-0.2, -0.15) is 0 Å². The minimum atomic E-state index is -3.79. The van der Waals surface area contributed by atoms with Gasteiger partial charge >= 0.3 is 5.97 Å². The first-order chi connectivity index (χ1) is 11.8. The molecule has 0 amide bonds. The number of hydrogen-bond acceptors (Lipinski definition) is 4. The Kier molecular flexibility index (Phi) is 6.84. The van der Waals surface area contributed by atoms with E-state index in [2.05, 4.69) is 10.0 Å². The molecule has 0 heterocycles. The van der Waals surface area contributed by atoms with Crippen LogP contribution < -0.4 is 10.0 Å². The molecule has 0 spiro atoms. The predicted octanol–water partition coefficient (Wildman–Crippen LogP) is 3.60. The van der Waals surface area contributed by atoms with Gasteiger partial charge in [-0.15, -0.1) is 0 Å². The summed E-state index contributed by atoms with van der Waals surface area (Å²) in [6.07, 6.45) is 7.05. The number of sulfonamides is 1. The molecule has 1 atom stereocenters. The molecule has 1 aliphatic carbocycles. The molecule has 1 aromatic rings. The van der Waals surface area contributed by atoms with Crippen molar-refractivity contribution in [1.29, 1.82) is 0 Å². The van der Waals surface area contributed by atoms with Crippen molar-refractivity contribution in [2.24, 2.45) is 0 Å². The van der Waals surface area contributed by atoms with Crippen LogP contribution in [0.4, 0.5) is 5.69 Å². The maximum absolute atomic E-state index is 12.8. The molecule has 3 N–H and O–H groups in total. The van der Waals surface area contributed by atoms with Crippen LogP contribution in [0.15, 0.2) is 23.1 Å². The Hall–Kier alpha value is -1.60. The molecule has 1 fully saturated rings. The zero-order valence-corrected chi connectivity index (χ0v) is 15.7. The van der Waals surface area contributed by atoms with E-state index in [1.54, 1.807) is 6.07 Å². The Balaban J connectivity index is 2.33. The maximum Gasteiger partial charge on any atom is 0.335 e. The molecule has 1 saturated carbocycles. The first kappa shape index (κ1) is 19.7. The molecule has 2 rings (SSSR count). The number of anilines is 1. The second-order valence-corrected chi connectivity index (χ2v) is 8.49. The lowest BCUT2D eigenvalue weighted by Gasteiger charge is -2.25. The van der Waals surface area contributed by atoms with Crippen molar-refractivity contribution in [3.63, 3.8) is 0 Å². The Morgan fingerprint density at radius 2 is 1.96 bits per heavy atom. The zero-order valence-electron chi connectivity index (χ0n) is 14.9. The van der Waals surface area contributed by atoms with E-state index in [4.69, 9.17) is 0 Å². The average Bonchev–Trinajstić information content (AvgIpc) is 2.55. The van der Waals surface area contributed by atoms with E-state index in [1.807, 2.05) is 13.8 Å². The van der Waals surface area contributed by atoms with Crippen molar-refractivity contribution in [2.75, 3.05) is 5.32 Å². The Morgan fingerprint density at radius 1 is 1.28 bits per heavy atom. The van der Waals surface area contributed by atoms with Crippen molar-refractivity contribution in [1.82, 2.24) is 4.72 Å². The fourth-order valence-electron chi connectivity index (χ4n) is 3.28.